The van der Waals surface area contributed by atoms with E-state index in [1.807, 2.05) is 30.3 Å². The fraction of sp³-hybridized carbons (Fsp3) is 0.353. The third-order valence-electron chi connectivity index (χ3n) is 3.66. The van der Waals surface area contributed by atoms with Crippen molar-refractivity contribution in [2.24, 2.45) is 0 Å². The fourth-order valence-corrected chi connectivity index (χ4v) is 2.82. The van der Waals surface area contributed by atoms with Crippen LogP contribution in [0, 0.1) is 6.92 Å². The maximum atomic E-state index is 12.5. The Labute approximate surface area is 153 Å². The molecule has 9 heteroatoms. The van der Waals surface area contributed by atoms with Crippen LogP contribution in [-0.2, 0) is 23.2 Å². The molecule has 2 N–H and O–H groups in total. The van der Waals surface area contributed by atoms with Gasteiger partial charge < -0.3 is 5.32 Å². The second-order valence-corrected chi connectivity index (χ2v) is 7.85. The Bertz CT molecular complexity index is 854. The molecule has 0 aliphatic heterocycles. The summed E-state index contributed by atoms with van der Waals surface area (Å²) in [7, 11) is -0.630. The summed E-state index contributed by atoms with van der Waals surface area (Å²) in [4.78, 5) is 20.9. The molecule has 0 saturated heterocycles. The first-order valence-electron chi connectivity index (χ1n) is 8.11. The molecule has 8 nitrogen and oxygen atoms in total. The van der Waals surface area contributed by atoms with Crippen molar-refractivity contribution in [3.8, 4) is 0 Å². The van der Waals surface area contributed by atoms with Crippen molar-refractivity contribution in [2.75, 3.05) is 20.6 Å². The zero-order valence-electron chi connectivity index (χ0n) is 15.1. The van der Waals surface area contributed by atoms with Crippen LogP contribution < -0.4 is 10.0 Å². The second-order valence-electron chi connectivity index (χ2n) is 5.88. The van der Waals surface area contributed by atoms with Crippen LogP contribution in [0.15, 0.2) is 36.5 Å². The van der Waals surface area contributed by atoms with E-state index >= 15 is 0 Å². The third-order valence-corrected chi connectivity index (χ3v) is 5.19. The Morgan fingerprint density at radius 1 is 1.19 bits per heavy atom. The van der Waals surface area contributed by atoms with Crippen molar-refractivity contribution in [2.45, 2.75) is 19.9 Å². The Balaban J connectivity index is 2.05. The van der Waals surface area contributed by atoms with E-state index in [2.05, 4.69) is 20.0 Å². The van der Waals surface area contributed by atoms with Gasteiger partial charge in [0, 0.05) is 39.8 Å². The summed E-state index contributed by atoms with van der Waals surface area (Å²) in [5.74, 6) is 0.231. The Hall–Kier alpha value is -2.36. The van der Waals surface area contributed by atoms with Crippen LogP contribution in [0.3, 0.4) is 0 Å². The van der Waals surface area contributed by atoms with Gasteiger partial charge in [0.05, 0.1) is 11.3 Å². The molecular weight excluding hydrogens is 354 g/mol. The molecule has 0 fully saturated rings. The van der Waals surface area contributed by atoms with Crippen molar-refractivity contribution in [1.29, 1.82) is 0 Å². The minimum absolute atomic E-state index is 0.135. The largest absolute Gasteiger partial charge is 0.348 e. The zero-order valence-corrected chi connectivity index (χ0v) is 15.9. The lowest BCUT2D eigenvalue weighted by atomic mass is 10.1. The van der Waals surface area contributed by atoms with Gasteiger partial charge in [-0.15, -0.1) is 0 Å². The fourth-order valence-electron chi connectivity index (χ4n) is 2.20. The number of hydrogen-bond acceptors (Lipinski definition) is 5. The number of rotatable bonds is 8. The van der Waals surface area contributed by atoms with Crippen LogP contribution in [0.5, 0.6) is 0 Å². The molecule has 0 radical (unpaired) electrons. The summed E-state index contributed by atoms with van der Waals surface area (Å²) in [5, 5.41) is 2.83. The minimum Gasteiger partial charge on any atom is -0.348 e. The maximum absolute atomic E-state index is 12.5. The predicted molar refractivity (Wildman–Crippen MR) is 98.7 cm³/mol. The summed E-state index contributed by atoms with van der Waals surface area (Å²) in [6.45, 7) is 2.25. The molecule has 1 aromatic heterocycles. The van der Waals surface area contributed by atoms with Crippen molar-refractivity contribution >= 4 is 16.1 Å². The molecule has 0 spiro atoms. The molecule has 1 aromatic carbocycles. The molecule has 0 aliphatic rings. The van der Waals surface area contributed by atoms with Crippen LogP contribution in [0.25, 0.3) is 0 Å². The highest BCUT2D eigenvalue weighted by Gasteiger charge is 2.16. The van der Waals surface area contributed by atoms with E-state index in [0.29, 0.717) is 23.6 Å². The van der Waals surface area contributed by atoms with E-state index in [9.17, 15) is 13.2 Å². The van der Waals surface area contributed by atoms with Gasteiger partial charge in [0.1, 0.15) is 5.82 Å². The Morgan fingerprint density at radius 2 is 1.88 bits per heavy atom. The number of benzene rings is 1. The zero-order chi connectivity index (χ0) is 19.2. The standard InChI is InChI=1S/C17H23N5O3S/c1-13-18-12-15(17(23)19-11-14-7-5-4-6-8-14)16(21-13)9-10-20-26(24,25)22(2)3/h4-8,12,20H,9-11H2,1-3H3,(H,19,23). The van der Waals surface area contributed by atoms with E-state index in [-0.39, 0.29) is 18.9 Å². The molecule has 2 rings (SSSR count). The minimum atomic E-state index is -3.52. The number of carbonyl (C=O) groups is 1. The van der Waals surface area contributed by atoms with Gasteiger partial charge in [-0.05, 0) is 12.5 Å². The average molecular weight is 377 g/mol. The molecular formula is C17H23N5O3S. The van der Waals surface area contributed by atoms with Gasteiger partial charge in [-0.2, -0.15) is 12.7 Å². The van der Waals surface area contributed by atoms with Gasteiger partial charge in [0.15, 0.2) is 0 Å². The number of carbonyl (C=O) groups excluding carboxylic acids is 1. The number of aryl methyl sites for hydroxylation is 1. The van der Waals surface area contributed by atoms with Crippen LogP contribution in [0.1, 0.15) is 27.4 Å². The molecule has 1 heterocycles. The van der Waals surface area contributed by atoms with Crippen LogP contribution in [-0.4, -0.2) is 49.2 Å². The normalized spacial score (nSPS) is 11.5. The maximum Gasteiger partial charge on any atom is 0.278 e. The summed E-state index contributed by atoms with van der Waals surface area (Å²) >= 11 is 0. The third kappa shape index (κ3) is 5.58. The first-order valence-corrected chi connectivity index (χ1v) is 9.55. The molecule has 0 saturated carbocycles. The number of aromatic nitrogens is 2. The van der Waals surface area contributed by atoms with E-state index in [1.54, 1.807) is 6.92 Å². The Morgan fingerprint density at radius 3 is 2.54 bits per heavy atom. The highest BCUT2D eigenvalue weighted by molar-refractivity contribution is 7.87. The van der Waals surface area contributed by atoms with Gasteiger partial charge in [-0.3, -0.25) is 4.79 Å². The molecule has 26 heavy (non-hydrogen) atoms. The summed E-state index contributed by atoms with van der Waals surface area (Å²) in [6.07, 6.45) is 1.75. The summed E-state index contributed by atoms with van der Waals surface area (Å²) in [5.41, 5.74) is 1.83. The highest BCUT2D eigenvalue weighted by Crippen LogP contribution is 2.08. The van der Waals surface area contributed by atoms with Gasteiger partial charge in [-0.25, -0.2) is 14.7 Å². The average Bonchev–Trinajstić information content (AvgIpc) is 2.60. The van der Waals surface area contributed by atoms with Crippen LogP contribution >= 0.6 is 0 Å². The van der Waals surface area contributed by atoms with Crippen molar-refractivity contribution in [3.05, 3.63) is 59.2 Å². The topological polar surface area (TPSA) is 104 Å². The SMILES string of the molecule is Cc1ncc(C(=O)NCc2ccccc2)c(CCNS(=O)(=O)N(C)C)n1. The van der Waals surface area contributed by atoms with Gasteiger partial charge in [-0.1, -0.05) is 30.3 Å². The van der Waals surface area contributed by atoms with Crippen molar-refractivity contribution in [3.63, 3.8) is 0 Å². The van der Waals surface area contributed by atoms with Gasteiger partial charge in [0.2, 0.25) is 0 Å². The van der Waals surface area contributed by atoms with E-state index in [1.165, 1.54) is 20.3 Å². The van der Waals surface area contributed by atoms with E-state index in [0.717, 1.165) is 9.87 Å². The number of nitrogens with zero attached hydrogens (tertiary/aromatic N) is 3. The molecule has 0 unspecified atom stereocenters. The Kier molecular flexibility index (Phi) is 6.78. The number of amides is 1. The first kappa shape index (κ1) is 20.0. The molecule has 1 amide bonds. The van der Waals surface area contributed by atoms with Crippen LogP contribution in [0.4, 0.5) is 0 Å². The second kappa shape index (κ2) is 8.84. The van der Waals surface area contributed by atoms with Gasteiger partial charge >= 0.3 is 0 Å². The van der Waals surface area contributed by atoms with Gasteiger partial charge in [0.25, 0.3) is 16.1 Å². The molecule has 0 aliphatic carbocycles. The molecule has 0 bridgehead atoms. The molecule has 2 aromatic rings. The monoisotopic (exact) mass is 377 g/mol. The predicted octanol–water partition coefficient (Wildman–Crippen LogP) is 0.654. The van der Waals surface area contributed by atoms with Crippen molar-refractivity contribution in [1.82, 2.24) is 24.3 Å². The number of nitrogens with one attached hydrogen (secondary N) is 2. The number of hydrogen-bond donors (Lipinski definition) is 2. The summed E-state index contributed by atoms with van der Waals surface area (Å²) in [6, 6.07) is 9.55. The molecule has 140 valence electrons. The van der Waals surface area contributed by atoms with E-state index in [4.69, 9.17) is 0 Å². The first-order chi connectivity index (χ1) is 12.3. The lowest BCUT2D eigenvalue weighted by Crippen LogP contribution is -2.37. The highest BCUT2D eigenvalue weighted by atomic mass is 32.2. The van der Waals surface area contributed by atoms with E-state index < -0.39 is 10.2 Å². The summed E-state index contributed by atoms with van der Waals surface area (Å²) < 4.78 is 27.1. The smallest absolute Gasteiger partial charge is 0.278 e. The van der Waals surface area contributed by atoms with Crippen LogP contribution in [0.2, 0.25) is 0 Å². The quantitative estimate of drug-likeness (QED) is 0.703. The lowest BCUT2D eigenvalue weighted by molar-refractivity contribution is 0.0949. The molecule has 0 atom stereocenters. The van der Waals surface area contributed by atoms with Crippen molar-refractivity contribution < 1.29 is 13.2 Å². The lowest BCUT2D eigenvalue weighted by Gasteiger charge is -2.13.